The topological polar surface area (TPSA) is 67.4 Å². The summed E-state index contributed by atoms with van der Waals surface area (Å²) < 4.78 is 32.1. The molecule has 0 aliphatic carbocycles. The lowest BCUT2D eigenvalue weighted by atomic mass is 10.2. The minimum absolute atomic E-state index is 0. The average molecular weight is 321 g/mol. The number of halogens is 1. The lowest BCUT2D eigenvalue weighted by Crippen LogP contribution is -2.30. The summed E-state index contributed by atoms with van der Waals surface area (Å²) >= 11 is 0. The Hall–Kier alpha value is -0.820. The number of methoxy groups -OCH3 is 1. The van der Waals surface area contributed by atoms with Gasteiger partial charge in [-0.2, -0.15) is 0 Å². The Labute approximate surface area is 126 Å². The fourth-order valence-corrected chi connectivity index (χ4v) is 3.51. The molecule has 20 heavy (non-hydrogen) atoms. The number of hydrogen-bond donors (Lipinski definition) is 2. The first-order valence-electron chi connectivity index (χ1n) is 6.49. The van der Waals surface area contributed by atoms with Gasteiger partial charge < -0.3 is 10.1 Å². The molecule has 1 saturated heterocycles. The van der Waals surface area contributed by atoms with Crippen molar-refractivity contribution in [3.8, 4) is 5.75 Å². The van der Waals surface area contributed by atoms with Crippen molar-refractivity contribution in [2.75, 3.05) is 20.2 Å². The monoisotopic (exact) mass is 320 g/mol. The Bertz CT molecular complexity index is 516. The molecule has 1 aromatic carbocycles. The van der Waals surface area contributed by atoms with Gasteiger partial charge in [-0.15, -0.1) is 12.4 Å². The number of nitrogens with one attached hydrogen (secondary N) is 2. The lowest BCUT2D eigenvalue weighted by Gasteiger charge is -2.12. The predicted molar refractivity (Wildman–Crippen MR) is 81.1 cm³/mol. The molecule has 5 nitrogen and oxygen atoms in total. The number of hydrogen-bond acceptors (Lipinski definition) is 4. The van der Waals surface area contributed by atoms with Crippen molar-refractivity contribution < 1.29 is 13.2 Å². The third-order valence-electron chi connectivity index (χ3n) is 3.31. The molecule has 0 amide bonds. The van der Waals surface area contributed by atoms with E-state index in [1.54, 1.807) is 24.3 Å². The van der Waals surface area contributed by atoms with Crippen LogP contribution in [0.3, 0.4) is 0 Å². The molecule has 1 atom stereocenters. The van der Waals surface area contributed by atoms with Crippen LogP contribution in [0.4, 0.5) is 0 Å². The van der Waals surface area contributed by atoms with E-state index in [2.05, 4.69) is 10.0 Å². The maximum atomic E-state index is 12.2. The molecular formula is C13H21ClN2O3S. The minimum Gasteiger partial charge on any atom is -0.495 e. The fourth-order valence-electron chi connectivity index (χ4n) is 2.29. The van der Waals surface area contributed by atoms with Gasteiger partial charge in [-0.05, 0) is 37.9 Å². The van der Waals surface area contributed by atoms with Crippen molar-refractivity contribution in [1.82, 2.24) is 10.0 Å². The van der Waals surface area contributed by atoms with Gasteiger partial charge in [0.25, 0.3) is 0 Å². The summed E-state index contributed by atoms with van der Waals surface area (Å²) in [7, 11) is -2.03. The van der Waals surface area contributed by atoms with Crippen molar-refractivity contribution in [2.24, 2.45) is 0 Å². The van der Waals surface area contributed by atoms with E-state index in [4.69, 9.17) is 4.74 Å². The van der Waals surface area contributed by atoms with Crippen molar-refractivity contribution in [2.45, 2.75) is 30.2 Å². The molecule has 0 saturated carbocycles. The van der Waals surface area contributed by atoms with Crippen LogP contribution in [-0.2, 0) is 10.0 Å². The first kappa shape index (κ1) is 17.2. The molecule has 0 unspecified atom stereocenters. The predicted octanol–water partition coefficient (Wildman–Crippen LogP) is 1.54. The molecule has 0 radical (unpaired) electrons. The molecule has 1 aliphatic rings. The van der Waals surface area contributed by atoms with E-state index in [0.29, 0.717) is 18.3 Å². The van der Waals surface area contributed by atoms with Gasteiger partial charge in [0.15, 0.2) is 0 Å². The van der Waals surface area contributed by atoms with Crippen LogP contribution < -0.4 is 14.8 Å². The second kappa shape index (κ2) is 7.83. The Kier molecular flexibility index (Phi) is 6.75. The van der Waals surface area contributed by atoms with Gasteiger partial charge in [-0.1, -0.05) is 12.1 Å². The Balaban J connectivity index is 0.00000200. The molecule has 114 valence electrons. The zero-order valence-electron chi connectivity index (χ0n) is 11.5. The first-order chi connectivity index (χ1) is 9.13. The maximum absolute atomic E-state index is 12.2. The van der Waals surface area contributed by atoms with Gasteiger partial charge in [0.1, 0.15) is 10.6 Å². The molecule has 0 aromatic heterocycles. The zero-order valence-corrected chi connectivity index (χ0v) is 13.1. The van der Waals surface area contributed by atoms with Crippen LogP contribution in [0.1, 0.15) is 19.3 Å². The van der Waals surface area contributed by atoms with Crippen molar-refractivity contribution >= 4 is 22.4 Å². The third-order valence-corrected chi connectivity index (χ3v) is 4.81. The van der Waals surface area contributed by atoms with E-state index in [9.17, 15) is 8.42 Å². The normalized spacial score (nSPS) is 18.6. The van der Waals surface area contributed by atoms with Gasteiger partial charge in [0.05, 0.1) is 7.11 Å². The molecule has 1 fully saturated rings. The Morgan fingerprint density at radius 2 is 2.15 bits per heavy atom. The summed E-state index contributed by atoms with van der Waals surface area (Å²) in [5.41, 5.74) is 0. The summed E-state index contributed by atoms with van der Waals surface area (Å²) in [6, 6.07) is 7.07. The van der Waals surface area contributed by atoms with E-state index in [1.165, 1.54) is 13.5 Å². The smallest absolute Gasteiger partial charge is 0.244 e. The van der Waals surface area contributed by atoms with Crippen molar-refractivity contribution in [3.63, 3.8) is 0 Å². The van der Waals surface area contributed by atoms with E-state index in [1.807, 2.05) is 0 Å². The van der Waals surface area contributed by atoms with Gasteiger partial charge in [0.2, 0.25) is 10.0 Å². The Morgan fingerprint density at radius 3 is 2.80 bits per heavy atom. The number of rotatable bonds is 6. The summed E-state index contributed by atoms with van der Waals surface area (Å²) in [5, 5.41) is 3.35. The molecule has 1 aromatic rings. The fraction of sp³-hybridized carbons (Fsp3) is 0.538. The van der Waals surface area contributed by atoms with Gasteiger partial charge in [0, 0.05) is 12.6 Å². The molecule has 0 bridgehead atoms. The van der Waals surface area contributed by atoms with Crippen LogP contribution in [-0.4, -0.2) is 34.7 Å². The second-order valence-corrected chi connectivity index (χ2v) is 6.37. The van der Waals surface area contributed by atoms with E-state index >= 15 is 0 Å². The zero-order chi connectivity index (χ0) is 13.7. The SMILES string of the molecule is COc1ccccc1S(=O)(=O)NCC[C@H]1CCCN1.Cl. The summed E-state index contributed by atoms with van der Waals surface area (Å²) in [4.78, 5) is 0.192. The van der Waals surface area contributed by atoms with Crippen LogP contribution in [0, 0.1) is 0 Å². The van der Waals surface area contributed by atoms with Crippen LogP contribution in [0.25, 0.3) is 0 Å². The highest BCUT2D eigenvalue weighted by Crippen LogP contribution is 2.22. The van der Waals surface area contributed by atoms with Crippen LogP contribution >= 0.6 is 12.4 Å². The molecule has 2 N–H and O–H groups in total. The van der Waals surface area contributed by atoms with E-state index in [0.717, 1.165) is 19.4 Å². The molecule has 2 rings (SSSR count). The minimum atomic E-state index is -3.50. The summed E-state index contributed by atoms with van der Waals surface area (Å²) in [6.45, 7) is 1.47. The summed E-state index contributed by atoms with van der Waals surface area (Å²) in [6.07, 6.45) is 3.11. The van der Waals surface area contributed by atoms with Gasteiger partial charge in [-0.3, -0.25) is 0 Å². The van der Waals surface area contributed by atoms with Gasteiger partial charge in [-0.25, -0.2) is 13.1 Å². The standard InChI is InChI=1S/C13H20N2O3S.ClH/c1-18-12-6-2-3-7-13(12)19(16,17)15-10-8-11-5-4-9-14-11;/h2-3,6-7,11,14-15H,4-5,8-10H2,1H3;1H/t11-;/m1./s1. The Morgan fingerprint density at radius 1 is 1.40 bits per heavy atom. The largest absolute Gasteiger partial charge is 0.495 e. The lowest BCUT2D eigenvalue weighted by molar-refractivity contribution is 0.402. The highest BCUT2D eigenvalue weighted by atomic mass is 35.5. The average Bonchev–Trinajstić information content (AvgIpc) is 2.91. The second-order valence-electron chi connectivity index (χ2n) is 4.63. The van der Waals surface area contributed by atoms with E-state index < -0.39 is 10.0 Å². The number of ether oxygens (including phenoxy) is 1. The van der Waals surface area contributed by atoms with Crippen LogP contribution in [0.15, 0.2) is 29.2 Å². The number of benzene rings is 1. The summed E-state index contributed by atoms with van der Waals surface area (Å²) in [5.74, 6) is 0.369. The highest BCUT2D eigenvalue weighted by Gasteiger charge is 2.20. The number of sulfonamides is 1. The molecule has 1 aliphatic heterocycles. The molecular weight excluding hydrogens is 300 g/mol. The first-order valence-corrected chi connectivity index (χ1v) is 7.98. The van der Waals surface area contributed by atoms with Crippen molar-refractivity contribution in [3.05, 3.63) is 24.3 Å². The van der Waals surface area contributed by atoms with Crippen molar-refractivity contribution in [1.29, 1.82) is 0 Å². The van der Waals surface area contributed by atoms with Crippen LogP contribution in [0.5, 0.6) is 5.75 Å². The molecule has 7 heteroatoms. The number of para-hydroxylation sites is 1. The van der Waals surface area contributed by atoms with Crippen LogP contribution in [0.2, 0.25) is 0 Å². The van der Waals surface area contributed by atoms with Gasteiger partial charge >= 0.3 is 0 Å². The third kappa shape index (κ3) is 4.34. The molecule has 1 heterocycles. The van der Waals surface area contributed by atoms with E-state index in [-0.39, 0.29) is 17.3 Å². The highest BCUT2D eigenvalue weighted by molar-refractivity contribution is 7.89. The molecule has 0 spiro atoms. The quantitative estimate of drug-likeness (QED) is 0.834. The maximum Gasteiger partial charge on any atom is 0.244 e.